The molecule has 2 atom stereocenters. The molecule has 0 radical (unpaired) electrons. The molecule has 0 aliphatic heterocycles. The second-order valence-electron chi connectivity index (χ2n) is 5.95. The van der Waals surface area contributed by atoms with E-state index < -0.39 is 20.9 Å². The summed E-state index contributed by atoms with van der Waals surface area (Å²) in [7, 11) is -3.52. The van der Waals surface area contributed by atoms with Crippen molar-refractivity contribution in [3.63, 3.8) is 0 Å². The molecule has 24 heavy (non-hydrogen) atoms. The van der Waals surface area contributed by atoms with Crippen LogP contribution in [0.25, 0.3) is 5.57 Å². The minimum absolute atomic E-state index is 0.359. The molecule has 2 rings (SSSR count). The van der Waals surface area contributed by atoms with Crippen LogP contribution in [0.1, 0.15) is 32.3 Å². The van der Waals surface area contributed by atoms with Crippen molar-refractivity contribution in [2.75, 3.05) is 19.5 Å². The van der Waals surface area contributed by atoms with Gasteiger partial charge in [-0.3, -0.25) is 0 Å². The van der Waals surface area contributed by atoms with Crippen LogP contribution in [0.3, 0.4) is 0 Å². The zero-order chi connectivity index (χ0) is 17.6. The minimum Gasteiger partial charge on any atom is -0.370 e. The molecular formula is C19H26O4S. The van der Waals surface area contributed by atoms with Crippen molar-refractivity contribution in [1.29, 1.82) is 0 Å². The predicted molar refractivity (Wildman–Crippen MR) is 97.4 cm³/mol. The Balaban J connectivity index is 2.45. The summed E-state index contributed by atoms with van der Waals surface area (Å²) in [6.45, 7) is 4.78. The lowest BCUT2D eigenvalue weighted by atomic mass is 9.96. The molecule has 1 aromatic carbocycles. The van der Waals surface area contributed by atoms with Crippen LogP contribution < -0.4 is 0 Å². The lowest BCUT2D eigenvalue weighted by Crippen LogP contribution is -2.51. The van der Waals surface area contributed by atoms with E-state index in [4.69, 9.17) is 9.47 Å². The fraction of sp³-hybridized carbons (Fsp3) is 0.474. The van der Waals surface area contributed by atoms with Crippen molar-refractivity contribution in [2.45, 2.75) is 37.7 Å². The largest absolute Gasteiger partial charge is 0.370 e. The molecule has 5 heteroatoms. The third-order valence-electron chi connectivity index (χ3n) is 3.94. The van der Waals surface area contributed by atoms with E-state index in [0.29, 0.717) is 13.2 Å². The summed E-state index contributed by atoms with van der Waals surface area (Å²) in [5.41, 5.74) is 1.97. The molecule has 0 aromatic heterocycles. The molecule has 0 heterocycles. The van der Waals surface area contributed by atoms with E-state index in [2.05, 4.69) is 0 Å². The van der Waals surface area contributed by atoms with Gasteiger partial charge in [0.15, 0.2) is 9.84 Å². The van der Waals surface area contributed by atoms with Gasteiger partial charge in [-0.15, -0.1) is 0 Å². The quantitative estimate of drug-likeness (QED) is 0.719. The average Bonchev–Trinajstić information content (AvgIpc) is 2.58. The standard InChI is InChI=1S/C19H26O4S/c1-4-13-22-18-15-17(16-9-7-6-8-10-16)11-12-19(18,23-14-5-2)24(3,20)21/h6-12,15,18H,4-5,13-14H2,1-3H3. The predicted octanol–water partition coefficient (Wildman–Crippen LogP) is 3.60. The van der Waals surface area contributed by atoms with E-state index in [0.717, 1.165) is 24.0 Å². The third kappa shape index (κ3) is 3.97. The highest BCUT2D eigenvalue weighted by Crippen LogP contribution is 2.35. The Kier molecular flexibility index (Phi) is 6.38. The van der Waals surface area contributed by atoms with Gasteiger partial charge in [-0.05, 0) is 36.1 Å². The topological polar surface area (TPSA) is 52.6 Å². The summed E-state index contributed by atoms with van der Waals surface area (Å²) < 4.78 is 36.8. The van der Waals surface area contributed by atoms with E-state index in [1.807, 2.05) is 56.3 Å². The smallest absolute Gasteiger partial charge is 0.217 e. The van der Waals surface area contributed by atoms with Crippen LogP contribution in [-0.4, -0.2) is 38.9 Å². The molecule has 1 aliphatic carbocycles. The van der Waals surface area contributed by atoms with Gasteiger partial charge in [0, 0.05) is 19.5 Å². The Labute approximate surface area is 145 Å². The highest BCUT2D eigenvalue weighted by molar-refractivity contribution is 7.92. The van der Waals surface area contributed by atoms with Gasteiger partial charge in [0.1, 0.15) is 6.10 Å². The van der Waals surface area contributed by atoms with Crippen molar-refractivity contribution in [3.8, 4) is 0 Å². The summed E-state index contributed by atoms with van der Waals surface area (Å²) in [5.74, 6) is 0. The Morgan fingerprint density at radius 1 is 1.08 bits per heavy atom. The van der Waals surface area contributed by atoms with Gasteiger partial charge in [0.25, 0.3) is 0 Å². The summed E-state index contributed by atoms with van der Waals surface area (Å²) in [5, 5.41) is 0. The summed E-state index contributed by atoms with van der Waals surface area (Å²) in [4.78, 5) is -1.46. The molecule has 1 aliphatic rings. The summed E-state index contributed by atoms with van der Waals surface area (Å²) in [6, 6.07) is 9.85. The highest BCUT2D eigenvalue weighted by Gasteiger charge is 2.48. The molecule has 0 fully saturated rings. The van der Waals surface area contributed by atoms with Crippen LogP contribution in [0.4, 0.5) is 0 Å². The summed E-state index contributed by atoms with van der Waals surface area (Å²) in [6.07, 6.45) is 7.40. The second kappa shape index (κ2) is 8.10. The van der Waals surface area contributed by atoms with E-state index in [1.165, 1.54) is 6.26 Å². The SMILES string of the molecule is CCCOC1C=C(c2ccccc2)C=CC1(OCCC)S(C)(=O)=O. The van der Waals surface area contributed by atoms with E-state index >= 15 is 0 Å². The first-order valence-corrected chi connectivity index (χ1v) is 10.3. The normalized spacial score (nSPS) is 24.0. The fourth-order valence-corrected chi connectivity index (χ4v) is 3.87. The van der Waals surface area contributed by atoms with Gasteiger partial charge >= 0.3 is 0 Å². The van der Waals surface area contributed by atoms with Crippen molar-refractivity contribution in [2.24, 2.45) is 0 Å². The molecule has 0 bridgehead atoms. The average molecular weight is 350 g/mol. The van der Waals surface area contributed by atoms with Gasteiger partial charge in [0.05, 0.1) is 0 Å². The van der Waals surface area contributed by atoms with Gasteiger partial charge in [-0.25, -0.2) is 8.42 Å². The maximum absolute atomic E-state index is 12.5. The van der Waals surface area contributed by atoms with Gasteiger partial charge < -0.3 is 9.47 Å². The molecule has 1 aromatic rings. The number of allylic oxidation sites excluding steroid dienone is 2. The second-order valence-corrected chi connectivity index (χ2v) is 8.14. The first-order valence-electron chi connectivity index (χ1n) is 8.36. The number of sulfone groups is 1. The Morgan fingerprint density at radius 2 is 1.75 bits per heavy atom. The summed E-state index contributed by atoms with van der Waals surface area (Å²) >= 11 is 0. The number of benzene rings is 1. The Hall–Kier alpha value is -1.43. The number of rotatable bonds is 8. The van der Waals surface area contributed by atoms with Crippen LogP contribution in [0.5, 0.6) is 0 Å². The molecule has 0 amide bonds. The molecular weight excluding hydrogens is 324 g/mol. The van der Waals surface area contributed by atoms with E-state index in [-0.39, 0.29) is 0 Å². The highest BCUT2D eigenvalue weighted by atomic mass is 32.2. The van der Waals surface area contributed by atoms with Crippen molar-refractivity contribution in [1.82, 2.24) is 0 Å². The molecule has 132 valence electrons. The van der Waals surface area contributed by atoms with Crippen LogP contribution in [0.2, 0.25) is 0 Å². The van der Waals surface area contributed by atoms with Gasteiger partial charge in [0.2, 0.25) is 4.93 Å². The number of hydrogen-bond donors (Lipinski definition) is 0. The van der Waals surface area contributed by atoms with Gasteiger partial charge in [-0.2, -0.15) is 0 Å². The van der Waals surface area contributed by atoms with Crippen LogP contribution >= 0.6 is 0 Å². The molecule has 0 saturated carbocycles. The first kappa shape index (κ1) is 18.9. The maximum atomic E-state index is 12.5. The third-order valence-corrected chi connectivity index (χ3v) is 5.59. The van der Waals surface area contributed by atoms with Crippen LogP contribution in [0, 0.1) is 0 Å². The van der Waals surface area contributed by atoms with E-state index in [9.17, 15) is 8.42 Å². The minimum atomic E-state index is -3.52. The lowest BCUT2D eigenvalue weighted by Gasteiger charge is -2.37. The lowest BCUT2D eigenvalue weighted by molar-refractivity contribution is -0.0538. The Bertz CT molecular complexity index is 691. The monoisotopic (exact) mass is 350 g/mol. The zero-order valence-electron chi connectivity index (χ0n) is 14.6. The Morgan fingerprint density at radius 3 is 2.33 bits per heavy atom. The maximum Gasteiger partial charge on any atom is 0.217 e. The molecule has 0 spiro atoms. The van der Waals surface area contributed by atoms with Crippen molar-refractivity contribution in [3.05, 3.63) is 54.1 Å². The van der Waals surface area contributed by atoms with Gasteiger partial charge in [-0.1, -0.05) is 50.3 Å². The van der Waals surface area contributed by atoms with Crippen LogP contribution in [-0.2, 0) is 19.3 Å². The molecule has 2 unspecified atom stereocenters. The van der Waals surface area contributed by atoms with E-state index in [1.54, 1.807) is 6.08 Å². The molecule has 0 saturated heterocycles. The molecule has 0 N–H and O–H groups in total. The van der Waals surface area contributed by atoms with Crippen LogP contribution in [0.15, 0.2) is 48.6 Å². The first-order chi connectivity index (χ1) is 11.4. The van der Waals surface area contributed by atoms with Crippen molar-refractivity contribution < 1.29 is 17.9 Å². The van der Waals surface area contributed by atoms with Crippen molar-refractivity contribution >= 4 is 15.4 Å². The number of ether oxygens (including phenoxy) is 2. The zero-order valence-corrected chi connectivity index (χ0v) is 15.4. The number of hydrogen-bond acceptors (Lipinski definition) is 4. The fourth-order valence-electron chi connectivity index (χ4n) is 2.70. The molecule has 4 nitrogen and oxygen atoms in total.